The van der Waals surface area contributed by atoms with Crippen molar-refractivity contribution < 1.29 is 0 Å². The number of nitrogens with two attached hydrogens (primary N) is 1. The Hall–Kier alpha value is -1.88. The molecule has 1 aromatic carbocycles. The molecule has 2 fully saturated rings. The smallest absolute Gasteiger partial charge is 0.226 e. The summed E-state index contributed by atoms with van der Waals surface area (Å²) in [7, 11) is 2.10. The molecular formula is C17H23N5. The Kier molecular flexibility index (Phi) is 3.18. The molecule has 5 heteroatoms. The Morgan fingerprint density at radius 3 is 2.41 bits per heavy atom. The molecule has 22 heavy (non-hydrogen) atoms. The highest BCUT2D eigenvalue weighted by molar-refractivity contribution is 5.43. The molecule has 116 valence electrons. The standard InChI is InChI=1S/C17H23N5/c1-21-15(17(9-10-17)13-5-3-2-4-6-13)19-20-16(21)22-11-7-14(18)8-12-22/h2-6,14H,7-12,18H2,1H3. The van der Waals surface area contributed by atoms with Crippen LogP contribution in [0.15, 0.2) is 30.3 Å². The molecule has 2 aromatic rings. The van der Waals surface area contributed by atoms with Gasteiger partial charge in [0.1, 0.15) is 5.82 Å². The Bertz CT molecular complexity index is 651. The lowest BCUT2D eigenvalue weighted by molar-refractivity contribution is 0.491. The van der Waals surface area contributed by atoms with Crippen LogP contribution >= 0.6 is 0 Å². The molecule has 5 nitrogen and oxygen atoms in total. The maximum Gasteiger partial charge on any atom is 0.226 e. The van der Waals surface area contributed by atoms with E-state index in [4.69, 9.17) is 5.73 Å². The summed E-state index contributed by atoms with van der Waals surface area (Å²) in [6.07, 6.45) is 4.39. The molecule has 1 saturated carbocycles. The summed E-state index contributed by atoms with van der Waals surface area (Å²) in [5.74, 6) is 2.09. The normalized spacial score (nSPS) is 21.1. The third-order valence-corrected chi connectivity index (χ3v) is 5.18. The van der Waals surface area contributed by atoms with Crippen molar-refractivity contribution in [1.82, 2.24) is 14.8 Å². The predicted octanol–water partition coefficient (Wildman–Crippen LogP) is 1.82. The summed E-state index contributed by atoms with van der Waals surface area (Å²) < 4.78 is 2.19. The SMILES string of the molecule is Cn1c(N2CCC(N)CC2)nnc1C1(c2ccccc2)CC1. The lowest BCUT2D eigenvalue weighted by Gasteiger charge is -2.30. The summed E-state index contributed by atoms with van der Waals surface area (Å²) >= 11 is 0. The molecule has 0 radical (unpaired) electrons. The van der Waals surface area contributed by atoms with Crippen LogP contribution in [-0.2, 0) is 12.5 Å². The molecule has 4 rings (SSSR count). The fraction of sp³-hybridized carbons (Fsp3) is 0.529. The van der Waals surface area contributed by atoms with E-state index in [1.54, 1.807) is 0 Å². The second-order valence-electron chi connectivity index (χ2n) is 6.66. The van der Waals surface area contributed by atoms with Crippen molar-refractivity contribution in [2.75, 3.05) is 18.0 Å². The van der Waals surface area contributed by atoms with Crippen molar-refractivity contribution in [2.24, 2.45) is 12.8 Å². The first kappa shape index (κ1) is 13.8. The highest BCUT2D eigenvalue weighted by Crippen LogP contribution is 2.52. The Morgan fingerprint density at radius 2 is 1.77 bits per heavy atom. The number of benzene rings is 1. The minimum absolute atomic E-state index is 0.0768. The highest BCUT2D eigenvalue weighted by Gasteiger charge is 2.50. The number of nitrogens with zero attached hydrogens (tertiary/aromatic N) is 4. The lowest BCUT2D eigenvalue weighted by atomic mass is 9.95. The van der Waals surface area contributed by atoms with Crippen LogP contribution < -0.4 is 10.6 Å². The van der Waals surface area contributed by atoms with E-state index in [9.17, 15) is 0 Å². The molecule has 0 amide bonds. The molecule has 2 heterocycles. The summed E-state index contributed by atoms with van der Waals surface area (Å²) in [5.41, 5.74) is 7.44. The van der Waals surface area contributed by atoms with Gasteiger partial charge in [0.25, 0.3) is 0 Å². The average Bonchev–Trinajstić information content (AvgIpc) is 3.27. The van der Waals surface area contributed by atoms with E-state index >= 15 is 0 Å². The van der Waals surface area contributed by atoms with Gasteiger partial charge in [-0.1, -0.05) is 30.3 Å². The van der Waals surface area contributed by atoms with Gasteiger partial charge in [-0.05, 0) is 31.2 Å². The van der Waals surface area contributed by atoms with Gasteiger partial charge in [-0.3, -0.25) is 4.57 Å². The molecule has 0 bridgehead atoms. The monoisotopic (exact) mass is 297 g/mol. The van der Waals surface area contributed by atoms with Crippen LogP contribution in [0.3, 0.4) is 0 Å². The van der Waals surface area contributed by atoms with E-state index in [1.807, 2.05) is 0 Å². The van der Waals surface area contributed by atoms with Crippen LogP contribution in [0.1, 0.15) is 37.1 Å². The molecule has 0 unspecified atom stereocenters. The number of piperidine rings is 1. The highest BCUT2D eigenvalue weighted by atomic mass is 15.4. The Labute approximate surface area is 131 Å². The molecule has 2 N–H and O–H groups in total. The zero-order valence-corrected chi connectivity index (χ0v) is 13.1. The first-order chi connectivity index (χ1) is 10.7. The van der Waals surface area contributed by atoms with Gasteiger partial charge in [-0.25, -0.2) is 0 Å². The van der Waals surface area contributed by atoms with E-state index in [0.717, 1.165) is 50.5 Å². The third-order valence-electron chi connectivity index (χ3n) is 5.18. The zero-order valence-electron chi connectivity index (χ0n) is 13.1. The number of hydrogen-bond donors (Lipinski definition) is 1. The van der Waals surface area contributed by atoms with Gasteiger partial charge in [-0.2, -0.15) is 0 Å². The van der Waals surface area contributed by atoms with Gasteiger partial charge >= 0.3 is 0 Å². The van der Waals surface area contributed by atoms with Gasteiger partial charge in [0.05, 0.1) is 5.41 Å². The maximum atomic E-state index is 6.00. The van der Waals surface area contributed by atoms with E-state index in [2.05, 4.69) is 57.0 Å². The minimum Gasteiger partial charge on any atom is -0.341 e. The first-order valence-corrected chi connectivity index (χ1v) is 8.17. The van der Waals surface area contributed by atoms with Crippen molar-refractivity contribution in [2.45, 2.75) is 37.1 Å². The maximum absolute atomic E-state index is 6.00. The number of rotatable bonds is 3. The average molecular weight is 297 g/mol. The summed E-state index contributed by atoms with van der Waals surface area (Å²) in [6, 6.07) is 11.0. The third kappa shape index (κ3) is 2.11. The molecule has 2 aliphatic rings. The molecule has 1 aliphatic heterocycles. The van der Waals surface area contributed by atoms with Gasteiger partial charge < -0.3 is 10.6 Å². The van der Waals surface area contributed by atoms with Gasteiger partial charge in [-0.15, -0.1) is 10.2 Å². The minimum atomic E-state index is 0.0768. The zero-order chi connectivity index (χ0) is 15.2. The van der Waals surface area contributed by atoms with Crippen LogP contribution in [-0.4, -0.2) is 33.9 Å². The van der Waals surface area contributed by atoms with Crippen LogP contribution in [0.25, 0.3) is 0 Å². The van der Waals surface area contributed by atoms with Crippen molar-refractivity contribution >= 4 is 5.95 Å². The second-order valence-corrected chi connectivity index (χ2v) is 6.66. The number of aromatic nitrogens is 3. The fourth-order valence-electron chi connectivity index (χ4n) is 3.64. The van der Waals surface area contributed by atoms with E-state index < -0.39 is 0 Å². The summed E-state index contributed by atoms with van der Waals surface area (Å²) in [4.78, 5) is 2.32. The lowest BCUT2D eigenvalue weighted by Crippen LogP contribution is -2.40. The van der Waals surface area contributed by atoms with Crippen LogP contribution in [0.4, 0.5) is 5.95 Å². The Morgan fingerprint density at radius 1 is 1.09 bits per heavy atom. The van der Waals surface area contributed by atoms with Crippen molar-refractivity contribution in [3.8, 4) is 0 Å². The molecule has 0 spiro atoms. The summed E-state index contributed by atoms with van der Waals surface area (Å²) in [6.45, 7) is 1.96. The number of hydrogen-bond acceptors (Lipinski definition) is 4. The van der Waals surface area contributed by atoms with Crippen molar-refractivity contribution in [1.29, 1.82) is 0 Å². The van der Waals surface area contributed by atoms with Gasteiger partial charge in [0.15, 0.2) is 0 Å². The number of anilines is 1. The van der Waals surface area contributed by atoms with E-state index in [1.165, 1.54) is 5.56 Å². The largest absolute Gasteiger partial charge is 0.341 e. The fourth-order valence-corrected chi connectivity index (χ4v) is 3.64. The van der Waals surface area contributed by atoms with E-state index in [-0.39, 0.29) is 5.41 Å². The van der Waals surface area contributed by atoms with Gasteiger partial charge in [0.2, 0.25) is 5.95 Å². The molecule has 0 atom stereocenters. The van der Waals surface area contributed by atoms with Crippen molar-refractivity contribution in [3.63, 3.8) is 0 Å². The molecule has 1 saturated heterocycles. The van der Waals surface area contributed by atoms with Crippen molar-refractivity contribution in [3.05, 3.63) is 41.7 Å². The Balaban J connectivity index is 1.65. The quantitative estimate of drug-likeness (QED) is 0.939. The van der Waals surface area contributed by atoms with E-state index in [0.29, 0.717) is 6.04 Å². The molecule has 1 aromatic heterocycles. The van der Waals surface area contributed by atoms with Crippen LogP contribution in [0.2, 0.25) is 0 Å². The van der Waals surface area contributed by atoms with Gasteiger partial charge in [0, 0.05) is 26.2 Å². The van der Waals surface area contributed by atoms with Crippen LogP contribution in [0, 0.1) is 0 Å². The predicted molar refractivity (Wildman–Crippen MR) is 86.9 cm³/mol. The van der Waals surface area contributed by atoms with Crippen LogP contribution in [0.5, 0.6) is 0 Å². The second kappa shape index (κ2) is 5.09. The first-order valence-electron chi connectivity index (χ1n) is 8.17. The topological polar surface area (TPSA) is 60.0 Å². The summed E-state index contributed by atoms with van der Waals surface area (Å²) in [5, 5.41) is 9.05. The molecule has 1 aliphatic carbocycles. The molecular weight excluding hydrogens is 274 g/mol.